The van der Waals surface area contributed by atoms with Crippen LogP contribution in [0.1, 0.15) is 56.9 Å². The van der Waals surface area contributed by atoms with E-state index in [0.29, 0.717) is 12.3 Å². The lowest BCUT2D eigenvalue weighted by atomic mass is 9.95. The quantitative estimate of drug-likeness (QED) is 0.475. The number of benzene rings is 1. The Balaban J connectivity index is 2.09. The van der Waals surface area contributed by atoms with Crippen LogP contribution in [0.3, 0.4) is 0 Å². The van der Waals surface area contributed by atoms with Gasteiger partial charge in [0.15, 0.2) is 0 Å². The molecule has 1 aromatic carbocycles. The molecule has 94 valence electrons. The fourth-order valence-corrected chi connectivity index (χ4v) is 2.15. The van der Waals surface area contributed by atoms with Crippen LogP contribution in [0.2, 0.25) is 0 Å². The van der Waals surface area contributed by atoms with Gasteiger partial charge in [0.1, 0.15) is 0 Å². The topological polar surface area (TPSA) is 17.1 Å². The van der Waals surface area contributed by atoms with Crippen molar-refractivity contribution in [1.29, 1.82) is 0 Å². The van der Waals surface area contributed by atoms with E-state index in [9.17, 15) is 4.79 Å². The third kappa shape index (κ3) is 6.48. The zero-order valence-electron chi connectivity index (χ0n) is 10.5. The van der Waals surface area contributed by atoms with Crippen LogP contribution in [0, 0.1) is 0 Å². The summed E-state index contributed by atoms with van der Waals surface area (Å²) in [6, 6.07) is 10.6. The maximum Gasteiger partial charge on any atom is 0.221 e. The van der Waals surface area contributed by atoms with E-state index in [1.165, 1.54) is 24.8 Å². The Morgan fingerprint density at radius 3 is 2.41 bits per heavy atom. The van der Waals surface area contributed by atoms with Crippen molar-refractivity contribution < 1.29 is 4.79 Å². The van der Waals surface area contributed by atoms with Crippen LogP contribution in [0.5, 0.6) is 0 Å². The predicted molar refractivity (Wildman–Crippen MR) is 73.4 cm³/mol. The Kier molecular flexibility index (Phi) is 6.95. The van der Waals surface area contributed by atoms with E-state index >= 15 is 0 Å². The third-order valence-electron chi connectivity index (χ3n) is 3.13. The van der Waals surface area contributed by atoms with Crippen molar-refractivity contribution in [1.82, 2.24) is 0 Å². The molecule has 0 amide bonds. The van der Waals surface area contributed by atoms with E-state index in [-0.39, 0.29) is 5.24 Å². The maximum atomic E-state index is 10.5. The summed E-state index contributed by atoms with van der Waals surface area (Å²) in [5.41, 5.74) is 1.42. The van der Waals surface area contributed by atoms with Crippen LogP contribution in [0.4, 0.5) is 0 Å². The lowest BCUT2D eigenvalue weighted by Crippen LogP contribution is -1.93. The molecule has 0 aliphatic carbocycles. The number of unbranched alkanes of at least 4 members (excludes halogenated alkanes) is 3. The zero-order valence-corrected chi connectivity index (χ0v) is 11.2. The van der Waals surface area contributed by atoms with Crippen molar-refractivity contribution >= 4 is 16.8 Å². The molecule has 0 N–H and O–H groups in total. The monoisotopic (exact) mass is 252 g/mol. The first kappa shape index (κ1) is 14.2. The van der Waals surface area contributed by atoms with Gasteiger partial charge in [0, 0.05) is 6.42 Å². The summed E-state index contributed by atoms with van der Waals surface area (Å²) >= 11 is 5.28. The number of hydrogen-bond acceptors (Lipinski definition) is 1. The summed E-state index contributed by atoms with van der Waals surface area (Å²) < 4.78 is 0. The van der Waals surface area contributed by atoms with Crippen molar-refractivity contribution in [3.05, 3.63) is 35.9 Å². The molecule has 2 heteroatoms. The highest BCUT2D eigenvalue weighted by atomic mass is 35.5. The van der Waals surface area contributed by atoms with Crippen molar-refractivity contribution in [2.45, 2.75) is 51.4 Å². The van der Waals surface area contributed by atoms with Gasteiger partial charge in [0.25, 0.3) is 0 Å². The fraction of sp³-hybridized carbons (Fsp3) is 0.533. The molecular formula is C15H21ClO. The summed E-state index contributed by atoms with van der Waals surface area (Å²) in [7, 11) is 0. The summed E-state index contributed by atoms with van der Waals surface area (Å²) in [6.07, 6.45) is 6.21. The Morgan fingerprint density at radius 1 is 1.12 bits per heavy atom. The van der Waals surface area contributed by atoms with Gasteiger partial charge in [-0.2, -0.15) is 0 Å². The van der Waals surface area contributed by atoms with E-state index in [4.69, 9.17) is 11.6 Å². The second-order valence-electron chi connectivity index (χ2n) is 4.62. The fourth-order valence-electron chi connectivity index (χ4n) is 2.02. The van der Waals surface area contributed by atoms with Gasteiger partial charge in [-0.3, -0.25) is 4.79 Å². The van der Waals surface area contributed by atoms with Crippen LogP contribution in [0.25, 0.3) is 0 Å². The molecule has 1 unspecified atom stereocenters. The van der Waals surface area contributed by atoms with Gasteiger partial charge >= 0.3 is 0 Å². The average molecular weight is 253 g/mol. The molecule has 0 aliphatic rings. The molecule has 0 saturated heterocycles. The van der Waals surface area contributed by atoms with Crippen LogP contribution in [-0.4, -0.2) is 5.24 Å². The Morgan fingerprint density at radius 2 is 1.76 bits per heavy atom. The average Bonchev–Trinajstić information content (AvgIpc) is 2.34. The molecule has 0 heterocycles. The second-order valence-corrected chi connectivity index (χ2v) is 5.04. The molecule has 0 radical (unpaired) electrons. The predicted octanol–water partition coefficient (Wildman–Crippen LogP) is 4.90. The zero-order chi connectivity index (χ0) is 12.5. The largest absolute Gasteiger partial charge is 0.281 e. The minimum Gasteiger partial charge on any atom is -0.281 e. The maximum absolute atomic E-state index is 10.5. The molecule has 0 spiro atoms. The first-order valence-electron chi connectivity index (χ1n) is 6.43. The smallest absolute Gasteiger partial charge is 0.221 e. The highest BCUT2D eigenvalue weighted by molar-refractivity contribution is 6.63. The van der Waals surface area contributed by atoms with Crippen LogP contribution in [0.15, 0.2) is 30.3 Å². The second kappa shape index (κ2) is 8.30. The highest BCUT2D eigenvalue weighted by Gasteiger charge is 2.04. The van der Waals surface area contributed by atoms with Crippen LogP contribution >= 0.6 is 11.6 Å². The molecule has 0 bridgehead atoms. The van der Waals surface area contributed by atoms with E-state index in [2.05, 4.69) is 37.3 Å². The standard InChI is InChI=1S/C15H21ClO/c1-13(14-10-6-4-7-11-14)9-5-2-3-8-12-15(16)17/h4,6-7,10-11,13H,2-3,5,8-9,12H2,1H3. The number of rotatable bonds is 8. The molecule has 0 aromatic heterocycles. The van der Waals surface area contributed by atoms with Crippen LogP contribution in [-0.2, 0) is 4.79 Å². The number of carbonyl (C=O) groups is 1. The van der Waals surface area contributed by atoms with E-state index in [0.717, 1.165) is 12.8 Å². The molecule has 0 saturated carbocycles. The molecule has 1 atom stereocenters. The SMILES string of the molecule is CC(CCCCCCC(=O)Cl)c1ccccc1. The van der Waals surface area contributed by atoms with Gasteiger partial charge < -0.3 is 0 Å². The van der Waals surface area contributed by atoms with Gasteiger partial charge in [-0.15, -0.1) is 0 Å². The Labute approximate surface area is 109 Å². The van der Waals surface area contributed by atoms with Crippen molar-refractivity contribution in [2.24, 2.45) is 0 Å². The molecule has 0 fully saturated rings. The van der Waals surface area contributed by atoms with Crippen molar-refractivity contribution in [3.63, 3.8) is 0 Å². The minimum atomic E-state index is -0.206. The first-order valence-corrected chi connectivity index (χ1v) is 6.81. The Bertz CT molecular complexity index is 321. The highest BCUT2D eigenvalue weighted by Crippen LogP contribution is 2.21. The van der Waals surface area contributed by atoms with Gasteiger partial charge in [0.05, 0.1) is 0 Å². The molecule has 17 heavy (non-hydrogen) atoms. The normalized spacial score (nSPS) is 12.4. The lowest BCUT2D eigenvalue weighted by Gasteiger charge is -2.11. The summed E-state index contributed by atoms with van der Waals surface area (Å²) in [6.45, 7) is 2.28. The van der Waals surface area contributed by atoms with Gasteiger partial charge in [-0.25, -0.2) is 0 Å². The van der Waals surface area contributed by atoms with E-state index in [1.54, 1.807) is 0 Å². The number of halogens is 1. The van der Waals surface area contributed by atoms with E-state index < -0.39 is 0 Å². The summed E-state index contributed by atoms with van der Waals surface area (Å²) in [5, 5.41) is -0.206. The van der Waals surface area contributed by atoms with Crippen molar-refractivity contribution in [3.8, 4) is 0 Å². The molecule has 0 aliphatic heterocycles. The number of carbonyl (C=O) groups excluding carboxylic acids is 1. The van der Waals surface area contributed by atoms with Gasteiger partial charge in [-0.05, 0) is 35.9 Å². The first-order chi connectivity index (χ1) is 8.20. The summed E-state index contributed by atoms with van der Waals surface area (Å²) in [4.78, 5) is 10.5. The minimum absolute atomic E-state index is 0.206. The van der Waals surface area contributed by atoms with Crippen molar-refractivity contribution in [2.75, 3.05) is 0 Å². The molecule has 1 nitrogen and oxygen atoms in total. The molecule has 1 rings (SSSR count). The molecule has 1 aromatic rings. The van der Waals surface area contributed by atoms with Crippen LogP contribution < -0.4 is 0 Å². The summed E-state index contributed by atoms with van der Waals surface area (Å²) in [5.74, 6) is 0.630. The van der Waals surface area contributed by atoms with Gasteiger partial charge in [-0.1, -0.05) is 56.5 Å². The number of hydrogen-bond donors (Lipinski definition) is 0. The lowest BCUT2D eigenvalue weighted by molar-refractivity contribution is -0.111. The van der Waals surface area contributed by atoms with E-state index in [1.807, 2.05) is 0 Å². The molecular weight excluding hydrogens is 232 g/mol. The van der Waals surface area contributed by atoms with Gasteiger partial charge in [0.2, 0.25) is 5.24 Å². The Hall–Kier alpha value is -0.820. The third-order valence-corrected chi connectivity index (χ3v) is 3.32.